The molecular weight excluding hydrogens is 494 g/mol. The van der Waals surface area contributed by atoms with Gasteiger partial charge in [0.2, 0.25) is 5.91 Å². The lowest BCUT2D eigenvalue weighted by molar-refractivity contribution is -0.275. The molecule has 0 bridgehead atoms. The number of H-pyrrole nitrogens is 1. The van der Waals surface area contributed by atoms with Gasteiger partial charge in [-0.2, -0.15) is 0 Å². The van der Waals surface area contributed by atoms with Crippen molar-refractivity contribution in [2.45, 2.75) is 32.0 Å². The van der Waals surface area contributed by atoms with Gasteiger partial charge in [-0.15, -0.1) is 18.3 Å². The number of carbonyl (C=O) groups is 2. The number of alkyl halides is 3. The van der Waals surface area contributed by atoms with Crippen LogP contribution in [0.5, 0.6) is 5.75 Å². The third-order valence-electron chi connectivity index (χ3n) is 7.18. The molecule has 0 spiro atoms. The summed E-state index contributed by atoms with van der Waals surface area (Å²) in [5, 5.41) is 10.5. The third-order valence-corrected chi connectivity index (χ3v) is 7.18. The van der Waals surface area contributed by atoms with E-state index in [4.69, 9.17) is 0 Å². The van der Waals surface area contributed by atoms with Crippen molar-refractivity contribution in [2.75, 3.05) is 26.2 Å². The van der Waals surface area contributed by atoms with Crippen LogP contribution in [0.3, 0.4) is 0 Å². The van der Waals surface area contributed by atoms with Crippen LogP contribution in [0.2, 0.25) is 0 Å². The summed E-state index contributed by atoms with van der Waals surface area (Å²) in [5.41, 5.74) is 2.40. The SMILES string of the molecule is O=C(CCc1ccc(OC(F)(F)F)c(F)c1)N1CCC2CN(C(=O)c3ccc4[nH]nnc4c3)C[C@@H]2CC1. The summed E-state index contributed by atoms with van der Waals surface area (Å²) in [6.07, 6.45) is -3.08. The topological polar surface area (TPSA) is 91.4 Å². The lowest BCUT2D eigenvalue weighted by atomic mass is 9.92. The van der Waals surface area contributed by atoms with Crippen molar-refractivity contribution in [2.24, 2.45) is 11.8 Å². The molecule has 0 saturated carbocycles. The number of rotatable bonds is 5. The van der Waals surface area contributed by atoms with Crippen molar-refractivity contribution in [1.82, 2.24) is 25.2 Å². The first-order chi connectivity index (χ1) is 17.7. The van der Waals surface area contributed by atoms with Gasteiger partial charge in [0.15, 0.2) is 11.6 Å². The van der Waals surface area contributed by atoms with Crippen molar-refractivity contribution < 1.29 is 31.9 Å². The number of aryl methyl sites for hydroxylation is 1. The van der Waals surface area contributed by atoms with E-state index in [2.05, 4.69) is 20.1 Å². The number of ether oxygens (including phenoxy) is 1. The highest BCUT2D eigenvalue weighted by Gasteiger charge is 2.38. The average Bonchev–Trinajstić information content (AvgIpc) is 3.44. The largest absolute Gasteiger partial charge is 0.573 e. The predicted octanol–water partition coefficient (Wildman–Crippen LogP) is 3.94. The van der Waals surface area contributed by atoms with Crippen molar-refractivity contribution in [3.8, 4) is 5.75 Å². The van der Waals surface area contributed by atoms with Crippen molar-refractivity contribution in [3.63, 3.8) is 0 Å². The Morgan fingerprint density at radius 2 is 1.76 bits per heavy atom. The van der Waals surface area contributed by atoms with Crippen LogP contribution in [0, 0.1) is 17.7 Å². The fraction of sp³-hybridized carbons (Fsp3) is 0.440. The lowest BCUT2D eigenvalue weighted by Crippen LogP contribution is -2.34. The van der Waals surface area contributed by atoms with Crippen LogP contribution in [-0.4, -0.2) is 69.6 Å². The zero-order valence-corrected chi connectivity index (χ0v) is 19.8. The normalized spacial score (nSPS) is 20.1. The number of halogens is 4. The van der Waals surface area contributed by atoms with Crippen LogP contribution in [0.15, 0.2) is 36.4 Å². The van der Waals surface area contributed by atoms with E-state index in [1.165, 1.54) is 6.07 Å². The van der Waals surface area contributed by atoms with E-state index in [-0.39, 0.29) is 24.7 Å². The molecule has 2 aromatic carbocycles. The summed E-state index contributed by atoms with van der Waals surface area (Å²) in [4.78, 5) is 29.5. The number of amides is 2. The third kappa shape index (κ3) is 5.67. The molecule has 37 heavy (non-hydrogen) atoms. The standard InChI is InChI=1S/C25H25F4N5O3/c26-19-11-15(1-5-22(19)37-25(27,28)29)2-6-23(35)33-9-7-17-13-34(14-18(17)8-10-33)24(36)16-3-4-20-21(12-16)31-32-30-20/h1,3-5,11-12,17-18H,2,6-10,13-14H2,(H,30,31,32)/t17-,18?/m0/s1. The minimum Gasteiger partial charge on any atom is -0.403 e. The summed E-state index contributed by atoms with van der Waals surface area (Å²) < 4.78 is 54.5. The van der Waals surface area contributed by atoms with Crippen molar-refractivity contribution >= 4 is 22.8 Å². The second-order valence-electron chi connectivity index (χ2n) is 9.54. The van der Waals surface area contributed by atoms with E-state index in [9.17, 15) is 27.2 Å². The molecule has 1 unspecified atom stereocenters. The second kappa shape index (κ2) is 9.98. The quantitative estimate of drug-likeness (QED) is 0.516. The Morgan fingerprint density at radius 3 is 2.43 bits per heavy atom. The molecular formula is C25H25F4N5O3. The van der Waals surface area contributed by atoms with Gasteiger partial charge >= 0.3 is 6.36 Å². The fourth-order valence-electron chi connectivity index (χ4n) is 5.24. The Morgan fingerprint density at radius 1 is 1.03 bits per heavy atom. The Hall–Kier alpha value is -3.70. The van der Waals surface area contributed by atoms with E-state index in [1.807, 2.05) is 4.90 Å². The number of hydrogen-bond donors (Lipinski definition) is 1. The van der Waals surface area contributed by atoms with Crippen molar-refractivity contribution in [1.29, 1.82) is 0 Å². The minimum absolute atomic E-state index is 0.0372. The Bertz CT molecular complexity index is 1290. The van der Waals surface area contributed by atoms with Gasteiger partial charge in [0.1, 0.15) is 5.52 Å². The second-order valence-corrected chi connectivity index (χ2v) is 9.54. The summed E-state index contributed by atoms with van der Waals surface area (Å²) >= 11 is 0. The molecule has 1 N–H and O–H groups in total. The number of nitrogens with one attached hydrogen (secondary N) is 1. The number of fused-ring (bicyclic) bond motifs is 2. The van der Waals surface area contributed by atoms with Gasteiger partial charge in [-0.1, -0.05) is 11.3 Å². The van der Waals surface area contributed by atoms with Crippen LogP contribution >= 0.6 is 0 Å². The van der Waals surface area contributed by atoms with Gasteiger partial charge in [0.25, 0.3) is 5.91 Å². The van der Waals surface area contributed by atoms with E-state index in [0.717, 1.165) is 30.5 Å². The fourth-order valence-corrected chi connectivity index (χ4v) is 5.24. The molecule has 2 atom stereocenters. The molecule has 2 saturated heterocycles. The molecule has 2 fully saturated rings. The number of likely N-dealkylation sites (tertiary alicyclic amines) is 2. The maximum Gasteiger partial charge on any atom is 0.573 e. The number of carbonyl (C=O) groups excluding carboxylic acids is 2. The molecule has 12 heteroatoms. The maximum absolute atomic E-state index is 13.9. The maximum atomic E-state index is 13.9. The van der Waals surface area contributed by atoms with Gasteiger partial charge in [-0.25, -0.2) is 4.39 Å². The molecule has 0 radical (unpaired) electrons. The van der Waals surface area contributed by atoms with Crippen molar-refractivity contribution in [3.05, 3.63) is 53.3 Å². The molecule has 1 aromatic heterocycles. The Labute approximate surface area is 209 Å². The van der Waals surface area contributed by atoms with Crippen LogP contribution in [0.25, 0.3) is 11.0 Å². The molecule has 0 aliphatic carbocycles. The zero-order valence-electron chi connectivity index (χ0n) is 19.8. The number of benzene rings is 2. The first kappa shape index (κ1) is 25.0. The highest BCUT2D eigenvalue weighted by Crippen LogP contribution is 2.33. The molecule has 3 aromatic rings. The van der Waals surface area contributed by atoms with Gasteiger partial charge in [-0.05, 0) is 67.0 Å². The number of hydrogen-bond acceptors (Lipinski definition) is 5. The van der Waals surface area contributed by atoms with E-state index >= 15 is 0 Å². The average molecular weight is 519 g/mol. The molecule has 196 valence electrons. The summed E-state index contributed by atoms with van der Waals surface area (Å²) in [7, 11) is 0. The highest BCUT2D eigenvalue weighted by molar-refractivity contribution is 5.97. The molecule has 5 rings (SSSR count). The Kier molecular flexibility index (Phi) is 6.74. The highest BCUT2D eigenvalue weighted by atomic mass is 19.4. The first-order valence-corrected chi connectivity index (χ1v) is 12.1. The van der Waals surface area contributed by atoms with Crippen LogP contribution in [0.4, 0.5) is 17.6 Å². The minimum atomic E-state index is -4.97. The number of aromatic nitrogens is 3. The van der Waals surface area contributed by atoms with E-state index in [1.54, 1.807) is 23.1 Å². The lowest BCUT2D eigenvalue weighted by Gasteiger charge is -2.22. The molecule has 2 aliphatic heterocycles. The molecule has 3 heterocycles. The first-order valence-electron chi connectivity index (χ1n) is 12.1. The van der Waals surface area contributed by atoms with Gasteiger partial charge in [-0.3, -0.25) is 14.7 Å². The van der Waals surface area contributed by atoms with Crippen LogP contribution in [0.1, 0.15) is 35.2 Å². The molecule has 8 nitrogen and oxygen atoms in total. The zero-order chi connectivity index (χ0) is 26.2. The predicted molar refractivity (Wildman–Crippen MR) is 124 cm³/mol. The van der Waals surface area contributed by atoms with Gasteiger partial charge < -0.3 is 14.5 Å². The van der Waals surface area contributed by atoms with E-state index in [0.29, 0.717) is 54.7 Å². The smallest absolute Gasteiger partial charge is 0.403 e. The van der Waals surface area contributed by atoms with Crippen LogP contribution < -0.4 is 4.74 Å². The van der Waals surface area contributed by atoms with Gasteiger partial charge in [0, 0.05) is 38.2 Å². The molecule has 2 aliphatic rings. The summed E-state index contributed by atoms with van der Waals surface area (Å²) in [6, 6.07) is 8.51. The van der Waals surface area contributed by atoms with E-state index < -0.39 is 17.9 Å². The molecule has 2 amide bonds. The summed E-state index contributed by atoms with van der Waals surface area (Å²) in [6.45, 7) is 2.40. The Balaban J connectivity index is 1.12. The summed E-state index contributed by atoms with van der Waals surface area (Å²) in [5.74, 6) is -1.53. The van der Waals surface area contributed by atoms with Gasteiger partial charge in [0.05, 0.1) is 5.52 Å². The number of aromatic amines is 1. The van der Waals surface area contributed by atoms with Crippen LogP contribution in [-0.2, 0) is 11.2 Å². The monoisotopic (exact) mass is 519 g/mol. The number of nitrogens with zero attached hydrogens (tertiary/aromatic N) is 4.